The van der Waals surface area contributed by atoms with E-state index < -0.39 is 11.7 Å². The number of carbonyl (C=O) groups is 2. The number of aromatic nitrogens is 1. The number of fused-ring (bicyclic) bond motifs is 2. The summed E-state index contributed by atoms with van der Waals surface area (Å²) in [6.45, 7) is 5.92. The quantitative estimate of drug-likeness (QED) is 0.469. The van der Waals surface area contributed by atoms with Gasteiger partial charge in [0.05, 0.1) is 17.2 Å². The highest BCUT2D eigenvalue weighted by Gasteiger charge is 2.54. The molecular weight excluding hydrogens is 507 g/mol. The first-order chi connectivity index (χ1) is 18.7. The number of likely N-dealkylation sites (tertiary alicyclic amines) is 1. The van der Waals surface area contributed by atoms with Crippen LogP contribution in [0.3, 0.4) is 0 Å². The average Bonchev–Trinajstić information content (AvgIpc) is 3.21. The predicted molar refractivity (Wildman–Crippen MR) is 141 cm³/mol. The Bertz CT molecular complexity index is 1230. The van der Waals surface area contributed by atoms with Crippen LogP contribution in [0.1, 0.15) is 44.4 Å². The molecule has 0 spiro atoms. The van der Waals surface area contributed by atoms with Crippen LogP contribution in [0, 0.1) is 29.6 Å². The molecule has 5 rings (SSSR count). The van der Waals surface area contributed by atoms with Gasteiger partial charge in [0.2, 0.25) is 0 Å². The number of alkyl halides is 3. The molecular formula is C30H34F3N3O3. The van der Waals surface area contributed by atoms with E-state index in [9.17, 15) is 22.8 Å². The number of allylic oxidation sites excluding steroid dienone is 1. The van der Waals surface area contributed by atoms with Crippen LogP contribution in [-0.2, 0) is 15.7 Å². The first kappa shape index (κ1) is 27.2. The van der Waals surface area contributed by atoms with E-state index in [2.05, 4.69) is 16.4 Å². The molecule has 5 unspecified atom stereocenters. The average molecular weight is 542 g/mol. The summed E-state index contributed by atoms with van der Waals surface area (Å²) in [7, 11) is 0. The maximum atomic E-state index is 13.1. The number of urea groups is 1. The molecule has 208 valence electrons. The van der Waals surface area contributed by atoms with Crippen molar-refractivity contribution in [2.75, 3.05) is 19.6 Å². The fourth-order valence-corrected chi connectivity index (χ4v) is 6.64. The number of esters is 1. The lowest BCUT2D eigenvalue weighted by molar-refractivity contribution is -0.144. The van der Waals surface area contributed by atoms with Gasteiger partial charge in [-0.05, 0) is 73.8 Å². The van der Waals surface area contributed by atoms with Gasteiger partial charge >= 0.3 is 18.2 Å². The number of rotatable bonds is 5. The SMILES string of the molecule is CCCNC(=O)N1CCC2C(CC3C(=O)O[C@H](C)C3C2/C=C/c2ccc(-c3cccc(C(F)(F)F)c3)cn2)C1. The van der Waals surface area contributed by atoms with Crippen LogP contribution in [0.15, 0.2) is 48.7 Å². The Morgan fingerprint density at radius 3 is 2.77 bits per heavy atom. The lowest BCUT2D eigenvalue weighted by Crippen LogP contribution is -2.53. The van der Waals surface area contributed by atoms with Crippen molar-refractivity contribution in [3.63, 3.8) is 0 Å². The molecule has 3 heterocycles. The molecule has 2 saturated heterocycles. The van der Waals surface area contributed by atoms with Gasteiger partial charge in [-0.3, -0.25) is 9.78 Å². The minimum Gasteiger partial charge on any atom is -0.462 e. The van der Waals surface area contributed by atoms with Crippen LogP contribution in [-0.4, -0.2) is 47.6 Å². The summed E-state index contributed by atoms with van der Waals surface area (Å²) in [6, 6.07) is 8.74. The number of amides is 2. The fourth-order valence-electron chi connectivity index (χ4n) is 6.64. The van der Waals surface area contributed by atoms with Gasteiger partial charge in [0.15, 0.2) is 0 Å². The Morgan fingerprint density at radius 1 is 1.23 bits per heavy atom. The largest absolute Gasteiger partial charge is 0.462 e. The number of ether oxygens (including phenoxy) is 1. The smallest absolute Gasteiger partial charge is 0.416 e. The third-order valence-corrected chi connectivity index (χ3v) is 8.51. The number of nitrogens with one attached hydrogen (secondary N) is 1. The lowest BCUT2D eigenvalue weighted by Gasteiger charge is -2.48. The zero-order valence-electron chi connectivity index (χ0n) is 22.2. The van der Waals surface area contributed by atoms with Gasteiger partial charge in [-0.2, -0.15) is 13.2 Å². The summed E-state index contributed by atoms with van der Waals surface area (Å²) in [5.74, 6) is 0.349. The van der Waals surface area contributed by atoms with Crippen LogP contribution < -0.4 is 5.32 Å². The molecule has 39 heavy (non-hydrogen) atoms. The number of halogens is 3. The molecule has 2 aliphatic heterocycles. The molecule has 2 amide bonds. The second kappa shape index (κ2) is 11.0. The Labute approximate surface area is 226 Å². The zero-order valence-corrected chi connectivity index (χ0v) is 22.2. The van der Waals surface area contributed by atoms with Gasteiger partial charge in [-0.25, -0.2) is 4.79 Å². The number of cyclic esters (lactones) is 1. The Hall–Kier alpha value is -3.36. The Kier molecular flexibility index (Phi) is 7.69. The molecule has 1 N–H and O–H groups in total. The van der Waals surface area contributed by atoms with Gasteiger partial charge in [-0.1, -0.05) is 31.2 Å². The van der Waals surface area contributed by atoms with Crippen LogP contribution in [0.25, 0.3) is 17.2 Å². The summed E-state index contributed by atoms with van der Waals surface area (Å²) in [6.07, 6.45) is 3.53. The maximum Gasteiger partial charge on any atom is 0.416 e. The number of carbonyl (C=O) groups excluding carboxylic acids is 2. The van der Waals surface area contributed by atoms with Crippen molar-refractivity contribution >= 4 is 18.1 Å². The number of hydrogen-bond acceptors (Lipinski definition) is 4. The van der Waals surface area contributed by atoms with E-state index in [4.69, 9.17) is 4.74 Å². The number of piperidine rings is 1. The first-order valence-corrected chi connectivity index (χ1v) is 13.7. The standard InChI is InChI=1S/C30H34F3N3O3/c1-3-12-34-29(38)36-13-11-24-21(17-36)15-26-27(18(2)39-28(26)37)25(24)10-9-23-8-7-20(16-35-23)19-5-4-6-22(14-19)30(31,32)33/h4-10,14,16,18,21,24-27H,3,11-13,15,17H2,1-2H3,(H,34,38)/b10-9+/t18-,21?,24?,25?,26?,27?/m1/s1. The summed E-state index contributed by atoms with van der Waals surface area (Å²) < 4.78 is 45.0. The van der Waals surface area contributed by atoms with Gasteiger partial charge in [-0.15, -0.1) is 0 Å². The molecule has 1 aromatic carbocycles. The molecule has 2 aromatic rings. The van der Waals surface area contributed by atoms with Crippen LogP contribution in [0.4, 0.5) is 18.0 Å². The predicted octanol–water partition coefficient (Wildman–Crippen LogP) is 6.04. The number of pyridine rings is 1. The molecule has 6 nitrogen and oxygen atoms in total. The third-order valence-electron chi connectivity index (χ3n) is 8.51. The minimum atomic E-state index is -4.40. The second-order valence-corrected chi connectivity index (χ2v) is 10.9. The van der Waals surface area contributed by atoms with Crippen molar-refractivity contribution in [2.24, 2.45) is 29.6 Å². The zero-order chi connectivity index (χ0) is 27.7. The van der Waals surface area contributed by atoms with E-state index in [1.165, 1.54) is 6.07 Å². The van der Waals surface area contributed by atoms with E-state index >= 15 is 0 Å². The van der Waals surface area contributed by atoms with Crippen molar-refractivity contribution in [2.45, 2.75) is 45.4 Å². The molecule has 3 fully saturated rings. The maximum absolute atomic E-state index is 13.1. The van der Waals surface area contributed by atoms with Crippen molar-refractivity contribution in [1.29, 1.82) is 0 Å². The molecule has 1 saturated carbocycles. The second-order valence-electron chi connectivity index (χ2n) is 10.9. The van der Waals surface area contributed by atoms with E-state index in [1.54, 1.807) is 24.4 Å². The van der Waals surface area contributed by atoms with Gasteiger partial charge < -0.3 is 15.0 Å². The van der Waals surface area contributed by atoms with Crippen molar-refractivity contribution in [3.8, 4) is 11.1 Å². The van der Waals surface area contributed by atoms with Gasteiger partial charge in [0, 0.05) is 37.3 Å². The summed E-state index contributed by atoms with van der Waals surface area (Å²) in [4.78, 5) is 31.7. The van der Waals surface area contributed by atoms with Crippen LogP contribution >= 0.6 is 0 Å². The number of hydrogen-bond donors (Lipinski definition) is 1. The topological polar surface area (TPSA) is 71.5 Å². The number of nitrogens with zero attached hydrogens (tertiary/aromatic N) is 2. The van der Waals surface area contributed by atoms with E-state index in [-0.39, 0.29) is 41.8 Å². The van der Waals surface area contributed by atoms with Crippen molar-refractivity contribution < 1.29 is 27.5 Å². The summed E-state index contributed by atoms with van der Waals surface area (Å²) in [5, 5.41) is 2.96. The Balaban J connectivity index is 1.34. The van der Waals surface area contributed by atoms with Crippen LogP contribution in [0.2, 0.25) is 0 Å². The fraction of sp³-hybridized carbons (Fsp3) is 0.500. The van der Waals surface area contributed by atoms with Gasteiger partial charge in [0.1, 0.15) is 6.10 Å². The molecule has 0 bridgehead atoms. The van der Waals surface area contributed by atoms with E-state index in [0.29, 0.717) is 42.4 Å². The molecule has 1 aromatic heterocycles. The molecule has 6 atom stereocenters. The summed E-state index contributed by atoms with van der Waals surface area (Å²) in [5.41, 5.74) is 1.06. The summed E-state index contributed by atoms with van der Waals surface area (Å²) >= 11 is 0. The van der Waals surface area contributed by atoms with E-state index in [0.717, 1.165) is 31.4 Å². The van der Waals surface area contributed by atoms with Crippen molar-refractivity contribution in [1.82, 2.24) is 15.2 Å². The molecule has 1 aliphatic carbocycles. The normalized spacial score (nSPS) is 28.6. The van der Waals surface area contributed by atoms with Crippen molar-refractivity contribution in [3.05, 3.63) is 59.9 Å². The monoisotopic (exact) mass is 541 g/mol. The number of benzene rings is 1. The molecule has 9 heteroatoms. The highest BCUT2D eigenvalue weighted by molar-refractivity contribution is 5.76. The third kappa shape index (κ3) is 5.68. The highest BCUT2D eigenvalue weighted by Crippen LogP contribution is 2.51. The highest BCUT2D eigenvalue weighted by atomic mass is 19.4. The minimum absolute atomic E-state index is 0.0445. The Morgan fingerprint density at radius 2 is 2.05 bits per heavy atom. The van der Waals surface area contributed by atoms with Gasteiger partial charge in [0.25, 0.3) is 0 Å². The lowest BCUT2D eigenvalue weighted by atomic mass is 9.59. The van der Waals surface area contributed by atoms with Crippen LogP contribution in [0.5, 0.6) is 0 Å². The molecule has 0 radical (unpaired) electrons. The molecule has 3 aliphatic rings. The first-order valence-electron chi connectivity index (χ1n) is 13.7. The van der Waals surface area contributed by atoms with E-state index in [1.807, 2.05) is 24.8 Å².